The summed E-state index contributed by atoms with van der Waals surface area (Å²) in [6, 6.07) is 22.3. The van der Waals surface area contributed by atoms with Gasteiger partial charge >= 0.3 is 0 Å². The van der Waals surface area contributed by atoms with Crippen molar-refractivity contribution in [2.45, 2.75) is 11.7 Å². The van der Waals surface area contributed by atoms with E-state index in [2.05, 4.69) is 34.5 Å². The Morgan fingerprint density at radius 3 is 2.54 bits per heavy atom. The number of amides is 1. The molecule has 1 atom stereocenters. The number of aromatic amines is 1. The van der Waals surface area contributed by atoms with Crippen LogP contribution in [0.15, 0.2) is 66.7 Å². The Bertz CT molecular complexity index is 863. The molecule has 4 rings (SSSR count). The minimum absolute atomic E-state index is 0.0361. The average molecular weight is 363 g/mol. The number of nitrogens with one attached hydrogen (secondary N) is 1. The molecule has 0 bridgehead atoms. The molecule has 26 heavy (non-hydrogen) atoms. The number of carbonyl (C=O) groups is 1. The third-order valence-electron chi connectivity index (χ3n) is 4.68. The van der Waals surface area contributed by atoms with Gasteiger partial charge in [-0.15, -0.1) is 0 Å². The average Bonchev–Trinajstić information content (AvgIpc) is 3.07. The van der Waals surface area contributed by atoms with Crippen LogP contribution in [0.5, 0.6) is 0 Å². The molecule has 2 aromatic carbocycles. The molecular weight excluding hydrogens is 342 g/mol. The van der Waals surface area contributed by atoms with E-state index in [4.69, 9.17) is 0 Å². The van der Waals surface area contributed by atoms with E-state index < -0.39 is 0 Å². The Balaban J connectivity index is 1.45. The van der Waals surface area contributed by atoms with Gasteiger partial charge in [-0.05, 0) is 18.1 Å². The van der Waals surface area contributed by atoms with Crippen LogP contribution in [0.4, 0.5) is 0 Å². The standard InChI is InChI=1S/C21H21N3OS/c25-21(19-15-18(22-23-19)16-7-3-1-4-8-16)24-12-11-20(26-14-13-24)17-9-5-2-6-10-17/h1-10,15,20H,11-14H2,(H,22,23)/t20-/m1/s1. The van der Waals surface area contributed by atoms with Gasteiger partial charge in [0.2, 0.25) is 0 Å². The summed E-state index contributed by atoms with van der Waals surface area (Å²) in [5, 5.41) is 7.68. The van der Waals surface area contributed by atoms with Crippen molar-refractivity contribution in [3.63, 3.8) is 0 Å². The molecule has 0 radical (unpaired) electrons. The summed E-state index contributed by atoms with van der Waals surface area (Å²) in [6.45, 7) is 1.54. The maximum absolute atomic E-state index is 12.9. The molecule has 0 aliphatic carbocycles. The van der Waals surface area contributed by atoms with E-state index in [0.29, 0.717) is 10.9 Å². The van der Waals surface area contributed by atoms with E-state index in [1.54, 1.807) is 0 Å². The van der Waals surface area contributed by atoms with Gasteiger partial charge < -0.3 is 4.90 Å². The molecule has 1 aliphatic rings. The summed E-state index contributed by atoms with van der Waals surface area (Å²) < 4.78 is 0. The molecule has 1 N–H and O–H groups in total. The minimum atomic E-state index is 0.0361. The zero-order valence-corrected chi connectivity index (χ0v) is 15.3. The highest BCUT2D eigenvalue weighted by atomic mass is 32.2. The fourth-order valence-electron chi connectivity index (χ4n) is 3.27. The number of aromatic nitrogens is 2. The zero-order chi connectivity index (χ0) is 17.8. The van der Waals surface area contributed by atoms with E-state index in [9.17, 15) is 4.79 Å². The van der Waals surface area contributed by atoms with E-state index in [-0.39, 0.29) is 5.91 Å². The van der Waals surface area contributed by atoms with Gasteiger partial charge in [0.05, 0.1) is 5.69 Å². The fraction of sp³-hybridized carbons (Fsp3) is 0.238. The summed E-state index contributed by atoms with van der Waals surface area (Å²) in [6.07, 6.45) is 0.972. The molecule has 5 heteroatoms. The highest BCUT2D eigenvalue weighted by molar-refractivity contribution is 7.99. The van der Waals surface area contributed by atoms with Gasteiger partial charge in [0, 0.05) is 29.7 Å². The van der Waals surface area contributed by atoms with Crippen molar-refractivity contribution in [2.24, 2.45) is 0 Å². The minimum Gasteiger partial charge on any atom is -0.336 e. The van der Waals surface area contributed by atoms with Gasteiger partial charge in [-0.2, -0.15) is 16.9 Å². The topological polar surface area (TPSA) is 49.0 Å². The Hall–Kier alpha value is -2.53. The van der Waals surface area contributed by atoms with Crippen LogP contribution in [0.3, 0.4) is 0 Å². The molecule has 1 aromatic heterocycles. The molecular formula is C21H21N3OS. The molecule has 0 spiro atoms. The molecule has 0 saturated carbocycles. The van der Waals surface area contributed by atoms with E-state index >= 15 is 0 Å². The van der Waals surface area contributed by atoms with Crippen molar-refractivity contribution in [3.05, 3.63) is 78.0 Å². The first-order valence-corrected chi connectivity index (χ1v) is 9.93. The molecule has 3 aromatic rings. The van der Waals surface area contributed by atoms with Gasteiger partial charge in [0.1, 0.15) is 5.69 Å². The highest BCUT2D eigenvalue weighted by Gasteiger charge is 2.24. The first-order chi connectivity index (χ1) is 12.8. The van der Waals surface area contributed by atoms with Crippen LogP contribution in [0.25, 0.3) is 11.3 Å². The lowest BCUT2D eigenvalue weighted by Gasteiger charge is -2.19. The van der Waals surface area contributed by atoms with Gasteiger partial charge in [0.15, 0.2) is 0 Å². The lowest BCUT2D eigenvalue weighted by molar-refractivity contribution is 0.0760. The number of thioether (sulfide) groups is 1. The van der Waals surface area contributed by atoms with Crippen LogP contribution in [-0.4, -0.2) is 39.8 Å². The number of carbonyl (C=O) groups excluding carboxylic acids is 1. The SMILES string of the molecule is O=C(c1cc(-c2ccccc2)n[nH]1)N1CCS[C@@H](c2ccccc2)CC1. The zero-order valence-electron chi connectivity index (χ0n) is 14.5. The third kappa shape index (κ3) is 3.68. The van der Waals surface area contributed by atoms with Crippen molar-refractivity contribution in [3.8, 4) is 11.3 Å². The monoisotopic (exact) mass is 363 g/mol. The maximum atomic E-state index is 12.9. The molecule has 0 unspecified atom stereocenters. The van der Waals surface area contributed by atoms with Crippen molar-refractivity contribution in [1.82, 2.24) is 15.1 Å². The smallest absolute Gasteiger partial charge is 0.271 e. The first kappa shape index (κ1) is 16.9. The van der Waals surface area contributed by atoms with Crippen LogP contribution in [-0.2, 0) is 0 Å². The van der Waals surface area contributed by atoms with Crippen LogP contribution < -0.4 is 0 Å². The summed E-state index contributed by atoms with van der Waals surface area (Å²) in [5.41, 5.74) is 3.73. The quantitative estimate of drug-likeness (QED) is 0.750. The van der Waals surface area contributed by atoms with E-state index in [0.717, 1.165) is 36.5 Å². The Labute approximate surface area is 157 Å². The van der Waals surface area contributed by atoms with Gasteiger partial charge in [-0.3, -0.25) is 9.89 Å². The second-order valence-corrected chi connectivity index (χ2v) is 7.69. The fourth-order valence-corrected chi connectivity index (χ4v) is 4.50. The predicted octanol–water partition coefficient (Wildman–Crippen LogP) is 4.40. The Morgan fingerprint density at radius 1 is 1.04 bits per heavy atom. The third-order valence-corrected chi connectivity index (χ3v) is 6.01. The molecule has 1 aliphatic heterocycles. The van der Waals surface area contributed by atoms with Crippen molar-refractivity contribution in [2.75, 3.05) is 18.8 Å². The molecule has 1 fully saturated rings. The number of rotatable bonds is 3. The molecule has 4 nitrogen and oxygen atoms in total. The summed E-state index contributed by atoms with van der Waals surface area (Å²) in [5.74, 6) is 0.985. The second-order valence-electron chi connectivity index (χ2n) is 6.38. The summed E-state index contributed by atoms with van der Waals surface area (Å²) in [4.78, 5) is 14.8. The van der Waals surface area contributed by atoms with Gasteiger partial charge in [-0.1, -0.05) is 60.7 Å². The predicted molar refractivity (Wildman–Crippen MR) is 106 cm³/mol. The van der Waals surface area contributed by atoms with Gasteiger partial charge in [0.25, 0.3) is 5.91 Å². The van der Waals surface area contributed by atoms with Gasteiger partial charge in [-0.25, -0.2) is 0 Å². The normalized spacial score (nSPS) is 17.7. The van der Waals surface area contributed by atoms with Crippen LogP contribution in [0.1, 0.15) is 27.7 Å². The van der Waals surface area contributed by atoms with Crippen LogP contribution in [0.2, 0.25) is 0 Å². The Kier molecular flexibility index (Phi) is 5.07. The number of benzene rings is 2. The molecule has 1 saturated heterocycles. The summed E-state index contributed by atoms with van der Waals surface area (Å²) >= 11 is 1.94. The highest BCUT2D eigenvalue weighted by Crippen LogP contribution is 2.34. The van der Waals surface area contributed by atoms with Crippen molar-refractivity contribution in [1.29, 1.82) is 0 Å². The molecule has 2 heterocycles. The first-order valence-electron chi connectivity index (χ1n) is 8.88. The Morgan fingerprint density at radius 2 is 1.77 bits per heavy atom. The molecule has 132 valence electrons. The number of nitrogens with zero attached hydrogens (tertiary/aromatic N) is 2. The number of hydrogen-bond acceptors (Lipinski definition) is 3. The van der Waals surface area contributed by atoms with E-state index in [1.807, 2.05) is 59.1 Å². The van der Waals surface area contributed by atoms with Crippen molar-refractivity contribution < 1.29 is 4.79 Å². The largest absolute Gasteiger partial charge is 0.336 e. The molecule has 1 amide bonds. The second kappa shape index (κ2) is 7.79. The van der Waals surface area contributed by atoms with Crippen molar-refractivity contribution >= 4 is 17.7 Å². The van der Waals surface area contributed by atoms with Crippen LogP contribution >= 0.6 is 11.8 Å². The summed E-state index contributed by atoms with van der Waals surface area (Å²) in [7, 11) is 0. The van der Waals surface area contributed by atoms with E-state index in [1.165, 1.54) is 5.56 Å². The number of H-pyrrole nitrogens is 1. The number of hydrogen-bond donors (Lipinski definition) is 1. The lowest BCUT2D eigenvalue weighted by atomic mass is 10.1. The maximum Gasteiger partial charge on any atom is 0.271 e. The lowest BCUT2D eigenvalue weighted by Crippen LogP contribution is -2.33. The van der Waals surface area contributed by atoms with Crippen LogP contribution in [0, 0.1) is 0 Å².